The average molecular weight is 262 g/mol. The number of amides is 1. The second-order valence-corrected chi connectivity index (χ2v) is 6.21. The van der Waals surface area contributed by atoms with Crippen LogP contribution in [0.3, 0.4) is 0 Å². The third kappa shape index (κ3) is 4.07. The summed E-state index contributed by atoms with van der Waals surface area (Å²) < 4.78 is 21.6. The zero-order valence-electron chi connectivity index (χ0n) is 8.68. The van der Waals surface area contributed by atoms with Crippen LogP contribution < -0.4 is 5.32 Å². The minimum Gasteiger partial charge on any atom is -0.301 e. The van der Waals surface area contributed by atoms with E-state index in [1.54, 1.807) is 0 Å². The molecule has 16 heavy (non-hydrogen) atoms. The molecule has 1 aromatic heterocycles. The molecule has 0 saturated heterocycles. The topological polar surface area (TPSA) is 93.2 Å². The van der Waals surface area contributed by atoms with Crippen molar-refractivity contribution in [1.82, 2.24) is 4.98 Å². The van der Waals surface area contributed by atoms with Crippen molar-refractivity contribution in [1.29, 1.82) is 0 Å². The summed E-state index contributed by atoms with van der Waals surface area (Å²) in [5.74, 6) is -1.46. The first-order valence-corrected chi connectivity index (χ1v) is 7.16. The van der Waals surface area contributed by atoms with Gasteiger partial charge in [-0.05, 0) is 0 Å². The zero-order valence-corrected chi connectivity index (χ0v) is 10.3. The SMILES string of the molecule is CC(=O)c1csc(NC(=O)CS(C)(=O)=O)n1. The maximum Gasteiger partial charge on any atom is 0.241 e. The highest BCUT2D eigenvalue weighted by Gasteiger charge is 2.13. The van der Waals surface area contributed by atoms with Gasteiger partial charge in [-0.1, -0.05) is 0 Å². The molecule has 0 saturated carbocycles. The zero-order chi connectivity index (χ0) is 12.3. The van der Waals surface area contributed by atoms with Crippen molar-refractivity contribution in [2.45, 2.75) is 6.92 Å². The van der Waals surface area contributed by atoms with E-state index in [4.69, 9.17) is 0 Å². The van der Waals surface area contributed by atoms with Gasteiger partial charge < -0.3 is 5.32 Å². The van der Waals surface area contributed by atoms with Crippen molar-refractivity contribution < 1.29 is 18.0 Å². The maximum atomic E-state index is 11.2. The van der Waals surface area contributed by atoms with E-state index in [1.807, 2.05) is 0 Å². The number of rotatable bonds is 4. The Bertz CT molecular complexity index is 518. The second kappa shape index (κ2) is 4.71. The molecule has 0 radical (unpaired) electrons. The minimum absolute atomic E-state index is 0.208. The number of aromatic nitrogens is 1. The Kier molecular flexibility index (Phi) is 3.76. The molecule has 0 atom stereocenters. The Balaban J connectivity index is 2.67. The molecule has 0 aromatic carbocycles. The summed E-state index contributed by atoms with van der Waals surface area (Å²) in [6.45, 7) is 1.36. The van der Waals surface area contributed by atoms with Gasteiger partial charge >= 0.3 is 0 Å². The van der Waals surface area contributed by atoms with Crippen molar-refractivity contribution in [3.8, 4) is 0 Å². The van der Waals surface area contributed by atoms with E-state index in [2.05, 4.69) is 10.3 Å². The monoisotopic (exact) mass is 262 g/mol. The van der Waals surface area contributed by atoms with E-state index < -0.39 is 21.5 Å². The van der Waals surface area contributed by atoms with Gasteiger partial charge in [-0.3, -0.25) is 9.59 Å². The van der Waals surface area contributed by atoms with Crippen LogP contribution in [-0.4, -0.2) is 37.1 Å². The van der Waals surface area contributed by atoms with Crippen molar-refractivity contribution in [2.75, 3.05) is 17.3 Å². The molecule has 0 fully saturated rings. The molecule has 1 aromatic rings. The molecule has 0 aliphatic carbocycles. The number of nitrogens with one attached hydrogen (secondary N) is 1. The van der Waals surface area contributed by atoms with Gasteiger partial charge in [-0.2, -0.15) is 0 Å². The molecule has 0 unspecified atom stereocenters. The number of carbonyl (C=O) groups excluding carboxylic acids is 2. The van der Waals surface area contributed by atoms with Crippen molar-refractivity contribution in [2.24, 2.45) is 0 Å². The normalized spacial score (nSPS) is 11.1. The van der Waals surface area contributed by atoms with E-state index in [1.165, 1.54) is 12.3 Å². The van der Waals surface area contributed by atoms with E-state index in [9.17, 15) is 18.0 Å². The lowest BCUT2D eigenvalue weighted by Gasteiger charge is -1.98. The molecule has 0 aliphatic rings. The molecule has 8 heteroatoms. The number of hydrogen-bond donors (Lipinski definition) is 1. The highest BCUT2D eigenvalue weighted by atomic mass is 32.2. The van der Waals surface area contributed by atoms with Crippen LogP contribution in [0.5, 0.6) is 0 Å². The summed E-state index contributed by atoms with van der Waals surface area (Å²) in [6, 6.07) is 0. The number of thiazole rings is 1. The van der Waals surface area contributed by atoms with Crippen LogP contribution in [0.4, 0.5) is 5.13 Å². The number of hydrogen-bond acceptors (Lipinski definition) is 6. The first-order valence-electron chi connectivity index (χ1n) is 4.22. The van der Waals surface area contributed by atoms with E-state index in [0.717, 1.165) is 17.6 Å². The minimum atomic E-state index is -3.36. The summed E-state index contributed by atoms with van der Waals surface area (Å²) in [4.78, 5) is 25.9. The fourth-order valence-electron chi connectivity index (χ4n) is 0.886. The molecule has 1 heterocycles. The Morgan fingerprint density at radius 3 is 2.56 bits per heavy atom. The molecule has 88 valence electrons. The third-order valence-electron chi connectivity index (χ3n) is 1.50. The van der Waals surface area contributed by atoms with E-state index >= 15 is 0 Å². The van der Waals surface area contributed by atoms with Crippen molar-refractivity contribution in [3.05, 3.63) is 11.1 Å². The Labute approximate surface area is 96.6 Å². The van der Waals surface area contributed by atoms with Crippen LogP contribution in [0.1, 0.15) is 17.4 Å². The van der Waals surface area contributed by atoms with Gasteiger partial charge in [0, 0.05) is 18.6 Å². The first-order chi connectivity index (χ1) is 7.28. The number of carbonyl (C=O) groups is 2. The van der Waals surface area contributed by atoms with Crippen LogP contribution >= 0.6 is 11.3 Å². The van der Waals surface area contributed by atoms with Gasteiger partial charge in [-0.25, -0.2) is 13.4 Å². The maximum absolute atomic E-state index is 11.2. The number of Topliss-reactive ketones (excluding diaryl/α,β-unsaturated/α-hetero) is 1. The molecule has 0 bridgehead atoms. The van der Waals surface area contributed by atoms with Crippen LogP contribution in [0.2, 0.25) is 0 Å². The molecular weight excluding hydrogens is 252 g/mol. The largest absolute Gasteiger partial charge is 0.301 e. The highest BCUT2D eigenvalue weighted by Crippen LogP contribution is 2.15. The molecule has 6 nitrogen and oxygen atoms in total. The number of nitrogens with zero attached hydrogens (tertiary/aromatic N) is 1. The molecular formula is C8H10N2O4S2. The fourth-order valence-corrected chi connectivity index (χ4v) is 2.20. The summed E-state index contributed by atoms with van der Waals surface area (Å²) in [6.07, 6.45) is 0.968. The first kappa shape index (κ1) is 12.8. The van der Waals surface area contributed by atoms with Crippen LogP contribution in [0.15, 0.2) is 5.38 Å². The van der Waals surface area contributed by atoms with Gasteiger partial charge in [-0.15, -0.1) is 11.3 Å². The molecule has 0 aliphatic heterocycles. The number of anilines is 1. The predicted molar refractivity (Wildman–Crippen MR) is 60.5 cm³/mol. The van der Waals surface area contributed by atoms with Crippen LogP contribution in [-0.2, 0) is 14.6 Å². The number of ketones is 1. The summed E-state index contributed by atoms with van der Waals surface area (Å²) in [5.41, 5.74) is 0.250. The van der Waals surface area contributed by atoms with Crippen LogP contribution in [0.25, 0.3) is 0 Å². The standard InChI is InChI=1S/C8H10N2O4S2/c1-5(11)6-3-15-8(9-6)10-7(12)4-16(2,13)14/h3H,4H2,1-2H3,(H,9,10,12). The molecule has 0 spiro atoms. The van der Waals surface area contributed by atoms with E-state index in [0.29, 0.717) is 0 Å². The lowest BCUT2D eigenvalue weighted by Crippen LogP contribution is -2.21. The lowest BCUT2D eigenvalue weighted by molar-refractivity contribution is -0.113. The third-order valence-corrected chi connectivity index (χ3v) is 3.05. The van der Waals surface area contributed by atoms with Gasteiger partial charge in [0.15, 0.2) is 20.8 Å². The second-order valence-electron chi connectivity index (χ2n) is 3.21. The quantitative estimate of drug-likeness (QED) is 0.789. The Morgan fingerprint density at radius 2 is 2.12 bits per heavy atom. The summed E-state index contributed by atoms with van der Waals surface area (Å²) >= 11 is 1.07. The number of sulfone groups is 1. The molecule has 1 amide bonds. The van der Waals surface area contributed by atoms with Crippen LogP contribution in [0, 0.1) is 0 Å². The Hall–Kier alpha value is -1.28. The smallest absolute Gasteiger partial charge is 0.241 e. The predicted octanol–water partition coefficient (Wildman–Crippen LogP) is 0.329. The average Bonchev–Trinajstić information content (AvgIpc) is 2.48. The fraction of sp³-hybridized carbons (Fsp3) is 0.375. The highest BCUT2D eigenvalue weighted by molar-refractivity contribution is 7.91. The van der Waals surface area contributed by atoms with Crippen molar-refractivity contribution >= 4 is 38.0 Å². The van der Waals surface area contributed by atoms with Gasteiger partial charge in [0.25, 0.3) is 0 Å². The molecule has 1 N–H and O–H groups in total. The van der Waals surface area contributed by atoms with Gasteiger partial charge in [0.2, 0.25) is 5.91 Å². The van der Waals surface area contributed by atoms with Gasteiger partial charge in [0.05, 0.1) is 0 Å². The summed E-state index contributed by atoms with van der Waals surface area (Å²) in [5, 5.41) is 4.03. The van der Waals surface area contributed by atoms with Crippen molar-refractivity contribution in [3.63, 3.8) is 0 Å². The summed E-state index contributed by atoms with van der Waals surface area (Å²) in [7, 11) is -3.36. The van der Waals surface area contributed by atoms with Gasteiger partial charge in [0.1, 0.15) is 11.4 Å². The van der Waals surface area contributed by atoms with E-state index in [-0.39, 0.29) is 16.6 Å². The Morgan fingerprint density at radius 1 is 1.50 bits per heavy atom. The lowest BCUT2D eigenvalue weighted by atomic mass is 10.4. The molecule has 1 rings (SSSR count).